The molecule has 0 saturated carbocycles. The number of nitrogens with one attached hydrogen (secondary N) is 1. The summed E-state index contributed by atoms with van der Waals surface area (Å²) in [5.74, 6) is -1.44. The standard InChI is InChI=1S/C23H15Cl2N3O4/c24-14-10-11-19(18(25)12-14)26-20(29)13-32-23(31)21-16-8-4-5-9-17(16)22(30)28(27-21)15-6-2-1-3-7-15/h1-12H,13H2,(H,26,29). The molecule has 0 bridgehead atoms. The Morgan fingerprint density at radius 3 is 2.34 bits per heavy atom. The Labute approximate surface area is 192 Å². The number of hydrogen-bond acceptors (Lipinski definition) is 5. The largest absolute Gasteiger partial charge is 0.451 e. The first kappa shape index (κ1) is 21.5. The number of fused-ring (bicyclic) bond motifs is 1. The number of carbonyl (C=O) groups is 2. The van der Waals surface area contributed by atoms with Gasteiger partial charge in [0.15, 0.2) is 12.3 Å². The number of benzene rings is 3. The number of nitrogens with zero attached hydrogens (tertiary/aromatic N) is 2. The van der Waals surface area contributed by atoms with Crippen LogP contribution in [0.1, 0.15) is 10.5 Å². The van der Waals surface area contributed by atoms with Crippen molar-refractivity contribution in [3.05, 3.63) is 98.9 Å². The van der Waals surface area contributed by atoms with Crippen LogP contribution in [0.4, 0.5) is 5.69 Å². The highest BCUT2D eigenvalue weighted by Crippen LogP contribution is 2.25. The number of halogens is 2. The number of amides is 1. The number of rotatable bonds is 5. The van der Waals surface area contributed by atoms with E-state index in [9.17, 15) is 14.4 Å². The van der Waals surface area contributed by atoms with E-state index < -0.39 is 18.5 Å². The molecule has 9 heteroatoms. The number of hydrogen-bond donors (Lipinski definition) is 1. The molecule has 1 aromatic heterocycles. The van der Waals surface area contributed by atoms with Crippen molar-refractivity contribution in [3.63, 3.8) is 0 Å². The van der Waals surface area contributed by atoms with Crippen LogP contribution in [0.5, 0.6) is 0 Å². The Balaban J connectivity index is 1.60. The first-order chi connectivity index (χ1) is 15.4. The molecule has 0 aliphatic rings. The van der Waals surface area contributed by atoms with Gasteiger partial charge in [-0.3, -0.25) is 9.59 Å². The molecule has 4 rings (SSSR count). The molecule has 1 N–H and O–H groups in total. The van der Waals surface area contributed by atoms with Crippen LogP contribution in [0.2, 0.25) is 10.0 Å². The van der Waals surface area contributed by atoms with Crippen molar-refractivity contribution in [3.8, 4) is 5.69 Å². The topological polar surface area (TPSA) is 90.3 Å². The van der Waals surface area contributed by atoms with Crippen LogP contribution < -0.4 is 10.9 Å². The van der Waals surface area contributed by atoms with Crippen LogP contribution in [0.15, 0.2) is 77.6 Å². The Kier molecular flexibility index (Phi) is 6.20. The monoisotopic (exact) mass is 467 g/mol. The molecular formula is C23H15Cl2N3O4. The average molecular weight is 468 g/mol. The molecule has 0 saturated heterocycles. The number of para-hydroxylation sites is 1. The summed E-state index contributed by atoms with van der Waals surface area (Å²) >= 11 is 11.9. The van der Waals surface area contributed by atoms with Crippen LogP contribution in [-0.2, 0) is 9.53 Å². The lowest BCUT2D eigenvalue weighted by molar-refractivity contribution is -0.119. The van der Waals surface area contributed by atoms with Crippen LogP contribution in [-0.4, -0.2) is 28.3 Å². The lowest BCUT2D eigenvalue weighted by Gasteiger charge is -2.11. The fourth-order valence-corrected chi connectivity index (χ4v) is 3.52. The minimum Gasteiger partial charge on any atom is -0.451 e. The van der Waals surface area contributed by atoms with Gasteiger partial charge in [0, 0.05) is 10.4 Å². The summed E-state index contributed by atoms with van der Waals surface area (Å²) in [4.78, 5) is 37.9. The Bertz CT molecular complexity index is 1390. The molecule has 32 heavy (non-hydrogen) atoms. The van der Waals surface area contributed by atoms with Gasteiger partial charge in [-0.15, -0.1) is 0 Å². The summed E-state index contributed by atoms with van der Waals surface area (Å²) in [6, 6.07) is 19.9. The molecule has 160 valence electrons. The van der Waals surface area contributed by atoms with Gasteiger partial charge in [-0.05, 0) is 36.4 Å². The maximum atomic E-state index is 12.9. The number of aromatic nitrogens is 2. The van der Waals surface area contributed by atoms with Gasteiger partial charge >= 0.3 is 5.97 Å². The smallest absolute Gasteiger partial charge is 0.359 e. The second kappa shape index (κ2) is 9.21. The molecule has 7 nitrogen and oxygen atoms in total. The summed E-state index contributed by atoms with van der Waals surface area (Å²) in [6.45, 7) is -0.571. The van der Waals surface area contributed by atoms with Crippen molar-refractivity contribution < 1.29 is 14.3 Å². The lowest BCUT2D eigenvalue weighted by atomic mass is 10.1. The van der Waals surface area contributed by atoms with E-state index in [-0.39, 0.29) is 16.3 Å². The zero-order chi connectivity index (χ0) is 22.7. The van der Waals surface area contributed by atoms with Crippen LogP contribution >= 0.6 is 23.2 Å². The number of carbonyl (C=O) groups excluding carboxylic acids is 2. The fourth-order valence-electron chi connectivity index (χ4n) is 3.06. The van der Waals surface area contributed by atoms with Gasteiger partial charge in [0.2, 0.25) is 0 Å². The molecule has 0 unspecified atom stereocenters. The molecular weight excluding hydrogens is 453 g/mol. The molecule has 1 heterocycles. The molecule has 0 radical (unpaired) electrons. The van der Waals surface area contributed by atoms with Gasteiger partial charge in [0.05, 0.1) is 21.8 Å². The van der Waals surface area contributed by atoms with Gasteiger partial charge in [0.1, 0.15) is 0 Å². The molecule has 0 atom stereocenters. The molecule has 1 amide bonds. The van der Waals surface area contributed by atoms with E-state index in [0.717, 1.165) is 4.68 Å². The van der Waals surface area contributed by atoms with Gasteiger partial charge in [-0.1, -0.05) is 59.6 Å². The zero-order valence-electron chi connectivity index (χ0n) is 16.4. The molecule has 0 aliphatic carbocycles. The van der Waals surface area contributed by atoms with E-state index in [0.29, 0.717) is 27.2 Å². The summed E-state index contributed by atoms with van der Waals surface area (Å²) in [7, 11) is 0. The molecule has 0 fully saturated rings. The van der Waals surface area contributed by atoms with E-state index in [1.165, 1.54) is 12.1 Å². The highest BCUT2D eigenvalue weighted by atomic mass is 35.5. The third kappa shape index (κ3) is 4.49. The Morgan fingerprint density at radius 2 is 1.62 bits per heavy atom. The fraction of sp³-hybridized carbons (Fsp3) is 0.0435. The second-order valence-corrected chi connectivity index (χ2v) is 7.54. The second-order valence-electron chi connectivity index (χ2n) is 6.70. The molecule has 4 aromatic rings. The highest BCUT2D eigenvalue weighted by Gasteiger charge is 2.20. The SMILES string of the molecule is O=C(COC(=O)c1nn(-c2ccccc2)c(=O)c2ccccc12)Nc1ccc(Cl)cc1Cl. The zero-order valence-corrected chi connectivity index (χ0v) is 17.9. The summed E-state index contributed by atoms with van der Waals surface area (Å²) in [5, 5.41) is 8.07. The van der Waals surface area contributed by atoms with E-state index in [1.807, 2.05) is 0 Å². The van der Waals surface area contributed by atoms with Crippen LogP contribution in [0.25, 0.3) is 16.5 Å². The van der Waals surface area contributed by atoms with E-state index in [2.05, 4.69) is 10.4 Å². The van der Waals surface area contributed by atoms with Crippen LogP contribution in [0.3, 0.4) is 0 Å². The minimum atomic E-state index is -0.844. The van der Waals surface area contributed by atoms with E-state index >= 15 is 0 Å². The Morgan fingerprint density at radius 1 is 0.938 bits per heavy atom. The molecule has 3 aromatic carbocycles. The third-order valence-electron chi connectivity index (χ3n) is 4.54. The van der Waals surface area contributed by atoms with Gasteiger partial charge in [-0.25, -0.2) is 4.79 Å². The highest BCUT2D eigenvalue weighted by molar-refractivity contribution is 6.36. The quantitative estimate of drug-likeness (QED) is 0.436. The van der Waals surface area contributed by atoms with Crippen molar-refractivity contribution in [2.24, 2.45) is 0 Å². The molecule has 0 spiro atoms. The maximum absolute atomic E-state index is 12.9. The maximum Gasteiger partial charge on any atom is 0.359 e. The predicted octanol–water partition coefficient (Wildman–Crippen LogP) is 4.49. The number of anilines is 1. The van der Waals surface area contributed by atoms with Crippen molar-refractivity contribution in [1.29, 1.82) is 0 Å². The van der Waals surface area contributed by atoms with Crippen molar-refractivity contribution in [2.75, 3.05) is 11.9 Å². The average Bonchev–Trinajstić information content (AvgIpc) is 2.80. The van der Waals surface area contributed by atoms with Gasteiger partial charge < -0.3 is 10.1 Å². The molecule has 0 aliphatic heterocycles. The number of esters is 1. The van der Waals surface area contributed by atoms with Gasteiger partial charge in [-0.2, -0.15) is 9.78 Å². The summed E-state index contributed by atoms with van der Waals surface area (Å²) in [6.07, 6.45) is 0. The summed E-state index contributed by atoms with van der Waals surface area (Å²) in [5.41, 5.74) is 0.366. The predicted molar refractivity (Wildman–Crippen MR) is 123 cm³/mol. The van der Waals surface area contributed by atoms with Crippen molar-refractivity contribution in [1.82, 2.24) is 9.78 Å². The van der Waals surface area contributed by atoms with Crippen molar-refractivity contribution in [2.45, 2.75) is 0 Å². The van der Waals surface area contributed by atoms with Gasteiger partial charge in [0.25, 0.3) is 11.5 Å². The van der Waals surface area contributed by atoms with E-state index in [4.69, 9.17) is 27.9 Å². The van der Waals surface area contributed by atoms with Crippen molar-refractivity contribution >= 4 is 51.5 Å². The Hall–Kier alpha value is -3.68. The van der Waals surface area contributed by atoms with Crippen LogP contribution in [0, 0.1) is 0 Å². The normalized spacial score (nSPS) is 10.7. The minimum absolute atomic E-state index is 0.0821. The first-order valence-electron chi connectivity index (χ1n) is 9.43. The van der Waals surface area contributed by atoms with E-state index in [1.54, 1.807) is 60.7 Å². The summed E-state index contributed by atoms with van der Waals surface area (Å²) < 4.78 is 6.30. The third-order valence-corrected chi connectivity index (χ3v) is 5.09. The lowest BCUT2D eigenvalue weighted by Crippen LogP contribution is -2.26. The first-order valence-corrected chi connectivity index (χ1v) is 10.2. The number of ether oxygens (including phenoxy) is 1.